The van der Waals surface area contributed by atoms with E-state index < -0.39 is 11.6 Å². The van der Waals surface area contributed by atoms with Gasteiger partial charge in [-0.2, -0.15) is 0 Å². The average Bonchev–Trinajstić information content (AvgIpc) is 4.27. The van der Waals surface area contributed by atoms with Crippen molar-refractivity contribution in [1.82, 2.24) is 69.1 Å². The number of nitrogens with zero attached hydrogens (tertiary/aromatic N) is 16. The fourth-order valence-electron chi connectivity index (χ4n) is 10.6. The number of benzene rings is 4. The number of hydrogen-bond acceptors (Lipinski definition) is 16. The molecule has 84 heavy (non-hydrogen) atoms. The number of likely N-dealkylation sites (tertiary alicyclic amines) is 1. The van der Waals surface area contributed by atoms with Crippen molar-refractivity contribution in [3.8, 4) is 45.6 Å². The lowest BCUT2D eigenvalue weighted by Crippen LogP contribution is -2.50. The third-order valence-electron chi connectivity index (χ3n) is 15.2. The van der Waals surface area contributed by atoms with Crippen LogP contribution >= 0.6 is 0 Å². The molecule has 2 N–H and O–H groups in total. The van der Waals surface area contributed by atoms with Gasteiger partial charge in [0.2, 0.25) is 11.8 Å². The Morgan fingerprint density at radius 2 is 0.929 bits per heavy atom. The van der Waals surface area contributed by atoms with E-state index in [9.17, 15) is 27.2 Å². The van der Waals surface area contributed by atoms with Crippen LogP contribution in [0.1, 0.15) is 24.1 Å². The van der Waals surface area contributed by atoms with Crippen LogP contribution in [-0.2, 0) is 35.8 Å². The number of carbonyl (C=O) groups excluding carboxylic acids is 2. The number of amides is 2. The first kappa shape index (κ1) is 54.9. The van der Waals surface area contributed by atoms with E-state index in [4.69, 9.17) is 4.98 Å². The number of aromatic nitrogens is 11. The van der Waals surface area contributed by atoms with Gasteiger partial charge in [-0.3, -0.25) is 19.5 Å². The number of carbonyl (C=O) groups is 2. The first-order valence-corrected chi connectivity index (χ1v) is 27.8. The lowest BCUT2D eigenvalue weighted by molar-refractivity contribution is -0.133. The van der Waals surface area contributed by atoms with Gasteiger partial charge in [-0.05, 0) is 122 Å². The number of hydrogen-bond donors (Lipinski definition) is 2. The van der Waals surface area contributed by atoms with Crippen molar-refractivity contribution < 1.29 is 27.2 Å². The molecule has 3 saturated heterocycles. The summed E-state index contributed by atoms with van der Waals surface area (Å²) in [5.74, 6) is 2.59. The van der Waals surface area contributed by atoms with Crippen molar-refractivity contribution in [2.45, 2.75) is 45.1 Å². The summed E-state index contributed by atoms with van der Waals surface area (Å²) >= 11 is 0. The Labute approximate surface area is 480 Å². The highest BCUT2D eigenvalue weighted by molar-refractivity contribution is 5.78. The number of anilines is 4. The third-order valence-corrected chi connectivity index (χ3v) is 15.2. The van der Waals surface area contributed by atoms with Crippen LogP contribution in [0.15, 0.2) is 140 Å². The van der Waals surface area contributed by atoms with Crippen LogP contribution in [0.2, 0.25) is 0 Å². The molecule has 0 aliphatic carbocycles. The van der Waals surface area contributed by atoms with Crippen molar-refractivity contribution in [2.75, 3.05) is 85.9 Å². The molecule has 24 heteroatoms. The van der Waals surface area contributed by atoms with Crippen molar-refractivity contribution in [2.24, 2.45) is 0 Å². The monoisotopic (exact) mass is 1140 g/mol. The number of piperazine rings is 2. The first-order valence-electron chi connectivity index (χ1n) is 27.8. The summed E-state index contributed by atoms with van der Waals surface area (Å²) in [6.45, 7) is 7.08. The minimum absolute atomic E-state index is 0.0717. The van der Waals surface area contributed by atoms with Gasteiger partial charge in [0.1, 0.15) is 72.3 Å². The largest absolute Gasteiger partial charge is 0.367 e. The topological polar surface area (TPSA) is 200 Å². The fraction of sp³-hybridized carbons (Fsp3) is 0.283. The van der Waals surface area contributed by atoms with Gasteiger partial charge in [-0.15, -0.1) is 10.2 Å². The Hall–Kier alpha value is -9.71. The Balaban J connectivity index is 0.572. The predicted octanol–water partition coefficient (Wildman–Crippen LogP) is 7.46. The normalized spacial score (nSPS) is 15.1. The maximum absolute atomic E-state index is 13.8. The molecule has 0 atom stereocenters. The molecular weight excluding hydrogens is 1080 g/mol. The van der Waals surface area contributed by atoms with E-state index in [1.165, 1.54) is 64.2 Å². The summed E-state index contributed by atoms with van der Waals surface area (Å²) in [4.78, 5) is 69.9. The standard InChI is InChI=1S/C60H58F4N18O2/c61-45-10-2-41(3-11-45)57-72-59(43-6-14-47(63)15-7-43)81(74-57)36-55(83)79-27-23-77(24-28-79)53-31-51(67-38-69-53)66-34-50-18-1-40(33-65-50)35-76-21-19-49(20-22-76)71-52-32-54(70-39-68-52)78-25-29-80(30-26-78)56(84)37-82-60(44-8-16-48(64)17-9-44)73-58(75-82)42-4-12-46(62)13-5-42/h1-18,31-33,38-39,49H,19-30,34-37H2,(H,66,67,69)(H,68,70,71). The van der Waals surface area contributed by atoms with Crippen LogP contribution in [0.3, 0.4) is 0 Å². The molecule has 0 spiro atoms. The van der Waals surface area contributed by atoms with Gasteiger partial charge in [0.25, 0.3) is 0 Å². The second kappa shape index (κ2) is 24.8. The summed E-state index contributed by atoms with van der Waals surface area (Å²) < 4.78 is 58.0. The van der Waals surface area contributed by atoms with Gasteiger partial charge >= 0.3 is 0 Å². The number of nitrogens with one attached hydrogen (secondary N) is 2. The van der Waals surface area contributed by atoms with Crippen molar-refractivity contribution in [3.63, 3.8) is 0 Å². The number of pyridine rings is 1. The molecule has 4 aromatic carbocycles. The van der Waals surface area contributed by atoms with Crippen LogP contribution in [0.25, 0.3) is 45.6 Å². The molecule has 8 heterocycles. The molecule has 3 aliphatic heterocycles. The second-order valence-corrected chi connectivity index (χ2v) is 20.8. The molecule has 0 bridgehead atoms. The zero-order chi connectivity index (χ0) is 57.5. The Morgan fingerprint density at radius 1 is 0.488 bits per heavy atom. The van der Waals surface area contributed by atoms with E-state index in [1.54, 1.807) is 64.7 Å². The van der Waals surface area contributed by atoms with Gasteiger partial charge in [-0.25, -0.2) is 56.8 Å². The first-order chi connectivity index (χ1) is 41.0. The fourth-order valence-corrected chi connectivity index (χ4v) is 10.6. The van der Waals surface area contributed by atoms with E-state index in [-0.39, 0.29) is 42.6 Å². The zero-order valence-electron chi connectivity index (χ0n) is 45.7. The van der Waals surface area contributed by atoms with Crippen LogP contribution in [-0.4, -0.2) is 152 Å². The molecular formula is C60H58F4N18O2. The molecule has 0 unspecified atom stereocenters. The Morgan fingerprint density at radius 3 is 1.38 bits per heavy atom. The molecule has 0 radical (unpaired) electrons. The summed E-state index contributed by atoms with van der Waals surface area (Å²) in [5, 5.41) is 16.2. The van der Waals surface area contributed by atoms with Crippen LogP contribution in [0.5, 0.6) is 0 Å². The van der Waals surface area contributed by atoms with E-state index >= 15 is 0 Å². The zero-order valence-corrected chi connectivity index (χ0v) is 45.7. The predicted molar refractivity (Wildman–Crippen MR) is 307 cm³/mol. The minimum atomic E-state index is -0.395. The Kier molecular flexibility index (Phi) is 16.2. The van der Waals surface area contributed by atoms with Gasteiger partial charge in [-0.1, -0.05) is 6.07 Å². The van der Waals surface area contributed by atoms with Gasteiger partial charge in [0, 0.05) is 119 Å². The SMILES string of the molecule is O=C(Cn1nc(-c2ccc(F)cc2)nc1-c1ccc(F)cc1)N1CCN(c2cc(NCc3ccc(CN4CCC(Nc5cc(N6CCN(C(=O)Cn7nc(-c8ccc(F)cc8)nc7-c7ccc(F)cc7)CC6)ncn5)CC4)cn3)ncn2)CC1. The van der Waals surface area contributed by atoms with E-state index in [1.807, 2.05) is 24.4 Å². The summed E-state index contributed by atoms with van der Waals surface area (Å²) in [6, 6.07) is 31.6. The van der Waals surface area contributed by atoms with E-state index in [2.05, 4.69) is 71.5 Å². The highest BCUT2D eigenvalue weighted by atomic mass is 19.1. The third kappa shape index (κ3) is 13.1. The molecule has 3 fully saturated rings. The number of halogens is 4. The molecule has 12 rings (SSSR count). The maximum atomic E-state index is 13.8. The Bertz CT molecular complexity index is 3710. The van der Waals surface area contributed by atoms with Crippen LogP contribution in [0.4, 0.5) is 40.8 Å². The molecule has 5 aromatic heterocycles. The minimum Gasteiger partial charge on any atom is -0.367 e. The highest BCUT2D eigenvalue weighted by Gasteiger charge is 2.28. The molecule has 428 valence electrons. The summed E-state index contributed by atoms with van der Waals surface area (Å²) in [6.07, 6.45) is 6.91. The summed E-state index contributed by atoms with van der Waals surface area (Å²) in [7, 11) is 0. The average molecular weight is 1140 g/mol. The quantitative estimate of drug-likeness (QED) is 0.0851. The van der Waals surface area contributed by atoms with Gasteiger partial charge < -0.3 is 30.2 Å². The highest BCUT2D eigenvalue weighted by Crippen LogP contribution is 2.28. The molecule has 9 aromatic rings. The molecule has 3 aliphatic rings. The van der Waals surface area contributed by atoms with Gasteiger partial charge in [0.05, 0.1) is 12.2 Å². The number of rotatable bonds is 17. The van der Waals surface area contributed by atoms with Crippen LogP contribution < -0.4 is 20.4 Å². The maximum Gasteiger partial charge on any atom is 0.244 e. The van der Waals surface area contributed by atoms with Crippen molar-refractivity contribution in [3.05, 3.63) is 175 Å². The lowest BCUT2D eigenvalue weighted by Gasteiger charge is -2.35. The molecule has 2 amide bonds. The molecule has 0 saturated carbocycles. The lowest BCUT2D eigenvalue weighted by atomic mass is 10.0. The smallest absolute Gasteiger partial charge is 0.244 e. The van der Waals surface area contributed by atoms with E-state index in [0.717, 1.165) is 61.2 Å². The van der Waals surface area contributed by atoms with Crippen molar-refractivity contribution in [1.29, 1.82) is 0 Å². The van der Waals surface area contributed by atoms with Crippen LogP contribution in [0, 0.1) is 23.3 Å². The van der Waals surface area contributed by atoms with E-state index in [0.29, 0.717) is 110 Å². The second-order valence-electron chi connectivity index (χ2n) is 20.8. The number of piperidine rings is 1. The summed E-state index contributed by atoms with van der Waals surface area (Å²) in [5.41, 5.74) is 4.38. The van der Waals surface area contributed by atoms with Crippen molar-refractivity contribution >= 4 is 35.1 Å². The molecule has 20 nitrogen and oxygen atoms in total. The van der Waals surface area contributed by atoms with Gasteiger partial charge in [0.15, 0.2) is 23.3 Å².